The molecule has 0 saturated heterocycles. The summed E-state index contributed by atoms with van der Waals surface area (Å²) >= 11 is 1.16. The highest BCUT2D eigenvalue weighted by Gasteiger charge is 2.15. The first kappa shape index (κ1) is 23.7. The van der Waals surface area contributed by atoms with Crippen molar-refractivity contribution in [2.75, 3.05) is 19.4 Å². The molecule has 0 unspecified atom stereocenters. The van der Waals surface area contributed by atoms with Crippen LogP contribution in [0.2, 0.25) is 0 Å². The van der Waals surface area contributed by atoms with E-state index >= 15 is 0 Å². The Morgan fingerprint density at radius 1 is 1.22 bits per heavy atom. The number of ether oxygens (including phenoxy) is 1. The van der Waals surface area contributed by atoms with Crippen LogP contribution in [0.5, 0.6) is 5.75 Å². The summed E-state index contributed by atoms with van der Waals surface area (Å²) in [6, 6.07) is 13.1. The fourth-order valence-electron chi connectivity index (χ4n) is 3.06. The molecule has 0 aliphatic heterocycles. The van der Waals surface area contributed by atoms with Crippen LogP contribution in [-0.2, 0) is 17.9 Å². The molecule has 0 aliphatic carbocycles. The Labute approximate surface area is 187 Å². The van der Waals surface area contributed by atoms with E-state index in [0.29, 0.717) is 29.0 Å². The summed E-state index contributed by atoms with van der Waals surface area (Å²) in [5, 5.41) is 10.1. The van der Waals surface area contributed by atoms with Crippen molar-refractivity contribution in [2.45, 2.75) is 31.3 Å². The molecule has 1 amide bonds. The third kappa shape index (κ3) is 6.04. The van der Waals surface area contributed by atoms with Gasteiger partial charge in [0.2, 0.25) is 5.91 Å². The SMILES string of the molecule is CN(Cc1ccc(OC(F)F)cc1)C(=O)CSc1nc2ccccc2c(=O)n1CCCO. The molecule has 170 valence electrons. The normalized spacial score (nSPS) is 11.2. The minimum absolute atomic E-state index is 0.0523. The van der Waals surface area contributed by atoms with Gasteiger partial charge in [0.05, 0.1) is 16.7 Å². The molecule has 7 nitrogen and oxygen atoms in total. The van der Waals surface area contributed by atoms with E-state index in [-0.39, 0.29) is 36.1 Å². The van der Waals surface area contributed by atoms with Crippen molar-refractivity contribution in [1.29, 1.82) is 0 Å². The maximum Gasteiger partial charge on any atom is 0.387 e. The van der Waals surface area contributed by atoms with E-state index < -0.39 is 6.61 Å². The second kappa shape index (κ2) is 11.1. The Morgan fingerprint density at radius 3 is 2.62 bits per heavy atom. The number of rotatable bonds is 10. The highest BCUT2D eigenvalue weighted by Crippen LogP contribution is 2.20. The van der Waals surface area contributed by atoms with Gasteiger partial charge in [-0.25, -0.2) is 4.98 Å². The minimum atomic E-state index is -2.89. The van der Waals surface area contributed by atoms with Crippen LogP contribution < -0.4 is 10.3 Å². The molecule has 1 aromatic heterocycles. The number of thioether (sulfide) groups is 1. The van der Waals surface area contributed by atoms with E-state index in [1.807, 2.05) is 0 Å². The molecule has 0 saturated carbocycles. The minimum Gasteiger partial charge on any atom is -0.435 e. The zero-order valence-corrected chi connectivity index (χ0v) is 18.2. The van der Waals surface area contributed by atoms with E-state index in [0.717, 1.165) is 17.3 Å². The predicted octanol–water partition coefficient (Wildman–Crippen LogP) is 3.13. The van der Waals surface area contributed by atoms with E-state index in [2.05, 4.69) is 9.72 Å². The number of aliphatic hydroxyl groups is 1. The average molecular weight is 464 g/mol. The first-order valence-corrected chi connectivity index (χ1v) is 10.9. The van der Waals surface area contributed by atoms with Gasteiger partial charge in [0, 0.05) is 26.7 Å². The van der Waals surface area contributed by atoms with Crippen LogP contribution in [0.1, 0.15) is 12.0 Å². The molecular weight excluding hydrogens is 440 g/mol. The highest BCUT2D eigenvalue weighted by atomic mass is 32.2. The van der Waals surface area contributed by atoms with Gasteiger partial charge in [0.15, 0.2) is 5.16 Å². The number of aromatic nitrogens is 2. The molecular formula is C22H23F2N3O4S. The topological polar surface area (TPSA) is 84.7 Å². The standard InChI is InChI=1S/C22H23F2N3O4S/c1-26(13-15-7-9-16(10-8-15)31-21(23)24)19(29)14-32-22-25-18-6-3-2-5-17(18)20(30)27(22)11-4-12-28/h2-3,5-10,21,28H,4,11-14H2,1H3. The largest absolute Gasteiger partial charge is 0.435 e. The van der Waals surface area contributed by atoms with Gasteiger partial charge in [0.25, 0.3) is 5.56 Å². The van der Waals surface area contributed by atoms with Crippen LogP contribution in [0.4, 0.5) is 8.78 Å². The molecule has 2 aromatic carbocycles. The molecule has 1 N–H and O–H groups in total. The fourth-order valence-corrected chi connectivity index (χ4v) is 4.02. The Kier molecular flexibility index (Phi) is 8.18. The summed E-state index contributed by atoms with van der Waals surface area (Å²) in [6.07, 6.45) is 0.395. The van der Waals surface area contributed by atoms with Crippen molar-refractivity contribution in [3.63, 3.8) is 0 Å². The summed E-state index contributed by atoms with van der Waals surface area (Å²) in [5.74, 6) is -0.0666. The Bertz CT molecular complexity index is 1120. The highest BCUT2D eigenvalue weighted by molar-refractivity contribution is 7.99. The zero-order chi connectivity index (χ0) is 23.1. The lowest BCUT2D eigenvalue weighted by Gasteiger charge is -2.18. The molecule has 0 radical (unpaired) electrons. The van der Waals surface area contributed by atoms with Crippen LogP contribution in [0.25, 0.3) is 10.9 Å². The molecule has 0 atom stereocenters. The van der Waals surface area contributed by atoms with Gasteiger partial charge in [-0.1, -0.05) is 36.0 Å². The molecule has 3 rings (SSSR count). The Hall–Kier alpha value is -2.98. The maximum absolute atomic E-state index is 12.8. The molecule has 3 aromatic rings. The molecule has 0 fully saturated rings. The smallest absolute Gasteiger partial charge is 0.387 e. The first-order chi connectivity index (χ1) is 15.4. The van der Waals surface area contributed by atoms with Gasteiger partial charge < -0.3 is 14.7 Å². The van der Waals surface area contributed by atoms with Crippen LogP contribution in [-0.4, -0.2) is 51.5 Å². The maximum atomic E-state index is 12.8. The second-order valence-electron chi connectivity index (χ2n) is 7.01. The summed E-state index contributed by atoms with van der Waals surface area (Å²) < 4.78 is 30.3. The zero-order valence-electron chi connectivity index (χ0n) is 17.4. The monoisotopic (exact) mass is 463 g/mol. The van der Waals surface area contributed by atoms with Crippen LogP contribution >= 0.6 is 11.8 Å². The molecule has 0 spiro atoms. The lowest BCUT2D eigenvalue weighted by molar-refractivity contribution is -0.127. The lowest BCUT2D eigenvalue weighted by Crippen LogP contribution is -2.29. The van der Waals surface area contributed by atoms with Crippen molar-refractivity contribution in [1.82, 2.24) is 14.5 Å². The number of benzene rings is 2. The number of amides is 1. The number of carbonyl (C=O) groups excluding carboxylic acids is 1. The second-order valence-corrected chi connectivity index (χ2v) is 7.95. The number of aliphatic hydroxyl groups excluding tert-OH is 1. The summed E-state index contributed by atoms with van der Waals surface area (Å²) in [7, 11) is 1.64. The number of hydrogen-bond acceptors (Lipinski definition) is 6. The van der Waals surface area contributed by atoms with Gasteiger partial charge in [-0.3, -0.25) is 14.2 Å². The van der Waals surface area contributed by atoms with Crippen molar-refractivity contribution in [3.8, 4) is 5.75 Å². The molecule has 0 bridgehead atoms. The molecule has 0 aliphatic rings. The number of fused-ring (bicyclic) bond motifs is 1. The fraction of sp³-hybridized carbons (Fsp3) is 0.318. The third-order valence-corrected chi connectivity index (χ3v) is 5.65. The van der Waals surface area contributed by atoms with Crippen molar-refractivity contribution in [3.05, 3.63) is 64.4 Å². The van der Waals surface area contributed by atoms with E-state index in [4.69, 9.17) is 5.11 Å². The number of hydrogen-bond donors (Lipinski definition) is 1. The third-order valence-electron chi connectivity index (χ3n) is 4.69. The number of nitrogens with zero attached hydrogens (tertiary/aromatic N) is 3. The van der Waals surface area contributed by atoms with Crippen LogP contribution in [0.15, 0.2) is 58.5 Å². The van der Waals surface area contributed by atoms with Gasteiger partial charge in [-0.15, -0.1) is 0 Å². The van der Waals surface area contributed by atoms with E-state index in [1.54, 1.807) is 43.4 Å². The predicted molar refractivity (Wildman–Crippen MR) is 118 cm³/mol. The van der Waals surface area contributed by atoms with Crippen LogP contribution in [0.3, 0.4) is 0 Å². The van der Waals surface area contributed by atoms with Gasteiger partial charge in [-0.05, 0) is 36.2 Å². The number of carbonyl (C=O) groups is 1. The first-order valence-electron chi connectivity index (χ1n) is 9.90. The Morgan fingerprint density at radius 2 is 1.94 bits per heavy atom. The number of alkyl halides is 2. The average Bonchev–Trinajstić information content (AvgIpc) is 2.78. The van der Waals surface area contributed by atoms with Gasteiger partial charge in [0.1, 0.15) is 5.75 Å². The summed E-state index contributed by atoms with van der Waals surface area (Å²) in [4.78, 5) is 31.5. The van der Waals surface area contributed by atoms with Crippen molar-refractivity contribution >= 4 is 28.6 Å². The van der Waals surface area contributed by atoms with E-state index in [1.165, 1.54) is 21.6 Å². The van der Waals surface area contributed by atoms with E-state index in [9.17, 15) is 18.4 Å². The van der Waals surface area contributed by atoms with Crippen molar-refractivity contribution in [2.24, 2.45) is 0 Å². The van der Waals surface area contributed by atoms with Crippen molar-refractivity contribution < 1.29 is 23.4 Å². The van der Waals surface area contributed by atoms with Gasteiger partial charge >= 0.3 is 6.61 Å². The number of halogens is 2. The van der Waals surface area contributed by atoms with Gasteiger partial charge in [-0.2, -0.15) is 8.78 Å². The quantitative estimate of drug-likeness (QED) is 0.367. The molecule has 10 heteroatoms. The Balaban J connectivity index is 1.68. The molecule has 32 heavy (non-hydrogen) atoms. The summed E-state index contributed by atoms with van der Waals surface area (Å²) in [5.41, 5.74) is 1.10. The number of para-hydroxylation sites is 1. The molecule has 1 heterocycles. The lowest BCUT2D eigenvalue weighted by atomic mass is 10.2. The van der Waals surface area contributed by atoms with Crippen LogP contribution in [0, 0.1) is 0 Å². The summed E-state index contributed by atoms with van der Waals surface area (Å²) in [6.45, 7) is -2.36.